The number of carbonyl (C=O) groups is 1. The summed E-state index contributed by atoms with van der Waals surface area (Å²) < 4.78 is 30.7. The number of carbonyl (C=O) groups excluding carboxylic acids is 1. The van der Waals surface area contributed by atoms with Crippen LogP contribution < -0.4 is 9.47 Å². The van der Waals surface area contributed by atoms with Crippen molar-refractivity contribution in [3.05, 3.63) is 58.4 Å². The predicted molar refractivity (Wildman–Crippen MR) is 94.4 cm³/mol. The number of benzene rings is 2. The second-order valence-electron chi connectivity index (χ2n) is 6.38. The van der Waals surface area contributed by atoms with Gasteiger partial charge in [0.25, 0.3) is 0 Å². The summed E-state index contributed by atoms with van der Waals surface area (Å²) in [6.45, 7) is 2.93. The van der Waals surface area contributed by atoms with Crippen molar-refractivity contribution in [2.24, 2.45) is 5.92 Å². The molecule has 136 valence electrons. The predicted octanol–water partition coefficient (Wildman–Crippen LogP) is 4.31. The van der Waals surface area contributed by atoms with Gasteiger partial charge in [-0.2, -0.15) is 0 Å². The molecule has 0 bridgehead atoms. The van der Waals surface area contributed by atoms with Gasteiger partial charge in [0.15, 0.2) is 11.5 Å². The van der Waals surface area contributed by atoms with Gasteiger partial charge in [0.1, 0.15) is 19.0 Å². The smallest absolute Gasteiger partial charge is 0.310 e. The maximum Gasteiger partial charge on any atom is 0.310 e. The summed E-state index contributed by atoms with van der Waals surface area (Å²) in [6.07, 6.45) is 0. The van der Waals surface area contributed by atoms with E-state index in [1.54, 1.807) is 31.2 Å². The van der Waals surface area contributed by atoms with E-state index < -0.39 is 5.92 Å². The van der Waals surface area contributed by atoms with E-state index in [0.717, 1.165) is 5.56 Å². The van der Waals surface area contributed by atoms with E-state index in [4.69, 9.17) is 25.8 Å². The topological polar surface area (TPSA) is 44.8 Å². The lowest BCUT2D eigenvalue weighted by atomic mass is 10.0. The summed E-state index contributed by atoms with van der Waals surface area (Å²) in [6, 6.07) is 10.1. The average molecular weight is 377 g/mol. The highest BCUT2D eigenvalue weighted by atomic mass is 35.5. The Morgan fingerprint density at radius 3 is 2.77 bits per heavy atom. The molecule has 26 heavy (non-hydrogen) atoms. The van der Waals surface area contributed by atoms with E-state index in [1.165, 1.54) is 6.07 Å². The molecule has 1 fully saturated rings. The molecule has 2 aromatic carbocycles. The molecule has 0 radical (unpaired) electrons. The fourth-order valence-electron chi connectivity index (χ4n) is 3.71. The van der Waals surface area contributed by atoms with Crippen LogP contribution in [0.1, 0.15) is 29.9 Å². The van der Waals surface area contributed by atoms with Gasteiger partial charge in [0, 0.05) is 11.8 Å². The molecule has 1 saturated carbocycles. The normalized spacial score (nSPS) is 23.4. The molecule has 0 amide bonds. The third kappa shape index (κ3) is 2.90. The Morgan fingerprint density at radius 1 is 1.23 bits per heavy atom. The molecule has 3 atom stereocenters. The summed E-state index contributed by atoms with van der Waals surface area (Å²) in [5.74, 6) is -0.508. The number of esters is 1. The minimum Gasteiger partial charge on any atom is -0.486 e. The number of fused-ring (bicyclic) bond motifs is 1. The highest BCUT2D eigenvalue weighted by Crippen LogP contribution is 2.62. The monoisotopic (exact) mass is 376 g/mol. The molecule has 1 heterocycles. The summed E-state index contributed by atoms with van der Waals surface area (Å²) >= 11 is 6.34. The number of halogens is 2. The first-order valence-electron chi connectivity index (χ1n) is 8.62. The van der Waals surface area contributed by atoms with Crippen LogP contribution in [0, 0.1) is 11.7 Å². The second kappa shape index (κ2) is 6.80. The molecule has 4 nitrogen and oxygen atoms in total. The minimum absolute atomic E-state index is 0.209. The van der Waals surface area contributed by atoms with Crippen molar-refractivity contribution in [3.8, 4) is 11.5 Å². The summed E-state index contributed by atoms with van der Waals surface area (Å²) in [7, 11) is 0. The van der Waals surface area contributed by atoms with Crippen LogP contribution in [0.25, 0.3) is 0 Å². The summed E-state index contributed by atoms with van der Waals surface area (Å²) in [5.41, 5.74) is 1.34. The van der Waals surface area contributed by atoms with Gasteiger partial charge in [-0.3, -0.25) is 4.79 Å². The molecular weight excluding hydrogens is 359 g/mol. The zero-order chi connectivity index (χ0) is 18.3. The molecule has 6 heteroatoms. The van der Waals surface area contributed by atoms with Crippen molar-refractivity contribution in [3.63, 3.8) is 0 Å². The molecule has 0 spiro atoms. The summed E-state index contributed by atoms with van der Waals surface area (Å²) in [4.78, 5) is 12.4. The first-order valence-corrected chi connectivity index (χ1v) is 8.99. The van der Waals surface area contributed by atoms with Crippen molar-refractivity contribution >= 4 is 17.6 Å². The van der Waals surface area contributed by atoms with Gasteiger partial charge in [0.05, 0.1) is 17.5 Å². The molecule has 2 aliphatic rings. The van der Waals surface area contributed by atoms with Gasteiger partial charge in [0.2, 0.25) is 0 Å². The molecule has 4 rings (SSSR count). The Balaban J connectivity index is 1.73. The molecule has 1 aliphatic carbocycles. The van der Waals surface area contributed by atoms with E-state index in [1.807, 2.05) is 6.07 Å². The Hall–Kier alpha value is -2.27. The first-order chi connectivity index (χ1) is 12.6. The van der Waals surface area contributed by atoms with Gasteiger partial charge < -0.3 is 14.2 Å². The highest BCUT2D eigenvalue weighted by Gasteiger charge is 2.58. The Labute approximate surface area is 155 Å². The molecular formula is C20H18ClFO4. The fraction of sp³-hybridized carbons (Fsp3) is 0.350. The van der Waals surface area contributed by atoms with Crippen LogP contribution in [0.15, 0.2) is 36.4 Å². The standard InChI is InChI=1S/C20H18ClFO4/c1-2-24-20(23)18-16(17(18)12-5-3-4-6-14(12)22)11-9-13(21)19-15(10-11)25-7-8-26-19/h3-6,9-10,16-18H,2,7-8H2,1H3/t16-,17-,18+/m1/s1. The van der Waals surface area contributed by atoms with Crippen molar-refractivity contribution in [2.75, 3.05) is 19.8 Å². The number of hydrogen-bond donors (Lipinski definition) is 0. The van der Waals surface area contributed by atoms with Crippen LogP contribution in [0.3, 0.4) is 0 Å². The lowest BCUT2D eigenvalue weighted by molar-refractivity contribution is -0.144. The van der Waals surface area contributed by atoms with Gasteiger partial charge in [-0.1, -0.05) is 29.8 Å². The highest BCUT2D eigenvalue weighted by molar-refractivity contribution is 6.32. The Morgan fingerprint density at radius 2 is 2.00 bits per heavy atom. The number of hydrogen-bond acceptors (Lipinski definition) is 4. The van der Waals surface area contributed by atoms with Crippen molar-refractivity contribution < 1.29 is 23.4 Å². The van der Waals surface area contributed by atoms with Crippen LogP contribution in [0.2, 0.25) is 5.02 Å². The minimum atomic E-state index is -0.439. The van der Waals surface area contributed by atoms with Crippen LogP contribution in [0.5, 0.6) is 11.5 Å². The zero-order valence-electron chi connectivity index (χ0n) is 14.2. The quantitative estimate of drug-likeness (QED) is 0.746. The van der Waals surface area contributed by atoms with Crippen molar-refractivity contribution in [1.29, 1.82) is 0 Å². The fourth-order valence-corrected chi connectivity index (χ4v) is 3.99. The number of rotatable bonds is 4. The molecule has 0 N–H and O–H groups in total. The molecule has 1 aliphatic heterocycles. The Kier molecular flexibility index (Phi) is 4.49. The second-order valence-corrected chi connectivity index (χ2v) is 6.79. The van der Waals surface area contributed by atoms with E-state index in [9.17, 15) is 9.18 Å². The molecule has 2 aromatic rings. The third-order valence-corrected chi connectivity index (χ3v) is 5.13. The number of ether oxygens (including phenoxy) is 3. The van der Waals surface area contributed by atoms with E-state index in [2.05, 4.69) is 0 Å². The van der Waals surface area contributed by atoms with Gasteiger partial charge in [-0.15, -0.1) is 0 Å². The average Bonchev–Trinajstić information content (AvgIpc) is 3.38. The first kappa shape index (κ1) is 17.2. The maximum absolute atomic E-state index is 14.3. The van der Waals surface area contributed by atoms with Crippen LogP contribution in [-0.4, -0.2) is 25.8 Å². The SMILES string of the molecule is CCOC(=O)[C@H]1[C@H](c2cc(Cl)c3c(c2)OCCO3)[C@H]1c1ccccc1F. The third-order valence-electron chi connectivity index (χ3n) is 4.85. The molecule has 0 aromatic heterocycles. The van der Waals surface area contributed by atoms with Gasteiger partial charge in [-0.05, 0) is 36.2 Å². The molecule has 0 saturated heterocycles. The Bertz CT molecular complexity index is 854. The molecule has 0 unspecified atom stereocenters. The van der Waals surface area contributed by atoms with Crippen LogP contribution in [-0.2, 0) is 9.53 Å². The largest absolute Gasteiger partial charge is 0.486 e. The van der Waals surface area contributed by atoms with Crippen molar-refractivity contribution in [1.82, 2.24) is 0 Å². The van der Waals surface area contributed by atoms with E-state index in [-0.39, 0.29) is 30.2 Å². The van der Waals surface area contributed by atoms with Crippen LogP contribution in [0.4, 0.5) is 4.39 Å². The maximum atomic E-state index is 14.3. The lowest BCUT2D eigenvalue weighted by Crippen LogP contribution is -2.16. The van der Waals surface area contributed by atoms with E-state index in [0.29, 0.717) is 35.3 Å². The lowest BCUT2D eigenvalue weighted by Gasteiger charge is -2.20. The van der Waals surface area contributed by atoms with E-state index >= 15 is 0 Å². The zero-order valence-corrected chi connectivity index (χ0v) is 15.0. The van der Waals surface area contributed by atoms with Crippen LogP contribution >= 0.6 is 11.6 Å². The van der Waals surface area contributed by atoms with Gasteiger partial charge >= 0.3 is 5.97 Å². The van der Waals surface area contributed by atoms with Gasteiger partial charge in [-0.25, -0.2) is 4.39 Å². The summed E-state index contributed by atoms with van der Waals surface area (Å²) in [5, 5.41) is 0.430. The van der Waals surface area contributed by atoms with Crippen molar-refractivity contribution in [2.45, 2.75) is 18.8 Å².